The standard InChI is InChI=1S/C20H32N4O3.ClH/c1-2-14-3-7-20(8-4-14)18(26)24(19(27)22-20)13-17(25)23-9-5-15-11-21-12-16(15)6-10-23;/h14-16,21H,2-13H2,1H3,(H,22,27);1H/t14?,15-,16+,20?;. The molecule has 0 bridgehead atoms. The van der Waals surface area contributed by atoms with Crippen molar-refractivity contribution < 1.29 is 14.4 Å². The Hall–Kier alpha value is -1.34. The van der Waals surface area contributed by atoms with Crippen molar-refractivity contribution in [3.63, 3.8) is 0 Å². The summed E-state index contributed by atoms with van der Waals surface area (Å²) in [6, 6.07) is -0.390. The molecule has 4 rings (SSSR count). The number of urea groups is 1. The lowest BCUT2D eigenvalue weighted by atomic mass is 9.75. The summed E-state index contributed by atoms with van der Waals surface area (Å²) in [5.74, 6) is 1.66. The molecule has 4 amide bonds. The van der Waals surface area contributed by atoms with Gasteiger partial charge in [0.1, 0.15) is 12.1 Å². The van der Waals surface area contributed by atoms with E-state index in [1.54, 1.807) is 0 Å². The van der Waals surface area contributed by atoms with Crippen LogP contribution in [0.4, 0.5) is 4.79 Å². The largest absolute Gasteiger partial charge is 0.341 e. The van der Waals surface area contributed by atoms with Crippen LogP contribution in [-0.4, -0.2) is 65.9 Å². The van der Waals surface area contributed by atoms with Crippen LogP contribution in [0, 0.1) is 17.8 Å². The van der Waals surface area contributed by atoms with Gasteiger partial charge in [0.25, 0.3) is 5.91 Å². The monoisotopic (exact) mass is 412 g/mol. The topological polar surface area (TPSA) is 81.8 Å². The average Bonchev–Trinajstić information content (AvgIpc) is 3.13. The molecule has 3 aliphatic heterocycles. The minimum atomic E-state index is -0.759. The van der Waals surface area contributed by atoms with E-state index in [1.807, 2.05) is 4.90 Å². The van der Waals surface area contributed by atoms with Crippen LogP contribution in [0.15, 0.2) is 0 Å². The Morgan fingerprint density at radius 1 is 1.07 bits per heavy atom. The van der Waals surface area contributed by atoms with E-state index in [9.17, 15) is 14.4 Å². The van der Waals surface area contributed by atoms with Crippen molar-refractivity contribution in [2.75, 3.05) is 32.7 Å². The van der Waals surface area contributed by atoms with Gasteiger partial charge in [-0.2, -0.15) is 0 Å². The van der Waals surface area contributed by atoms with E-state index >= 15 is 0 Å². The van der Waals surface area contributed by atoms with Gasteiger partial charge in [0.2, 0.25) is 5.91 Å². The van der Waals surface area contributed by atoms with E-state index in [-0.39, 0.29) is 36.8 Å². The second-order valence-corrected chi connectivity index (χ2v) is 8.89. The van der Waals surface area contributed by atoms with E-state index in [1.165, 1.54) is 4.90 Å². The highest BCUT2D eigenvalue weighted by molar-refractivity contribution is 6.09. The number of carbonyl (C=O) groups excluding carboxylic acids is 3. The van der Waals surface area contributed by atoms with Gasteiger partial charge in [0, 0.05) is 13.1 Å². The minimum Gasteiger partial charge on any atom is -0.341 e. The number of carbonyl (C=O) groups is 3. The maximum atomic E-state index is 13.0. The number of rotatable bonds is 3. The van der Waals surface area contributed by atoms with Crippen LogP contribution in [0.1, 0.15) is 51.9 Å². The highest BCUT2D eigenvalue weighted by Crippen LogP contribution is 2.37. The van der Waals surface area contributed by atoms with Gasteiger partial charge in [-0.3, -0.25) is 14.5 Å². The van der Waals surface area contributed by atoms with Gasteiger partial charge in [-0.15, -0.1) is 12.4 Å². The van der Waals surface area contributed by atoms with Crippen LogP contribution in [-0.2, 0) is 9.59 Å². The van der Waals surface area contributed by atoms with Crippen LogP contribution in [0.5, 0.6) is 0 Å². The fourth-order valence-corrected chi connectivity index (χ4v) is 5.44. The van der Waals surface area contributed by atoms with Crippen LogP contribution >= 0.6 is 12.4 Å². The smallest absolute Gasteiger partial charge is 0.325 e. The van der Waals surface area contributed by atoms with Crippen molar-refractivity contribution in [3.8, 4) is 0 Å². The maximum Gasteiger partial charge on any atom is 0.325 e. The molecule has 3 saturated heterocycles. The summed E-state index contributed by atoms with van der Waals surface area (Å²) in [7, 11) is 0. The zero-order chi connectivity index (χ0) is 19.0. The Bertz CT molecular complexity index is 607. The lowest BCUT2D eigenvalue weighted by Gasteiger charge is -2.34. The molecule has 2 N–H and O–H groups in total. The third-order valence-corrected chi connectivity index (χ3v) is 7.45. The molecular weight excluding hydrogens is 380 g/mol. The number of hydrogen-bond donors (Lipinski definition) is 2. The molecule has 2 atom stereocenters. The molecule has 0 radical (unpaired) electrons. The molecule has 0 unspecified atom stereocenters. The summed E-state index contributed by atoms with van der Waals surface area (Å²) in [5, 5.41) is 6.36. The van der Waals surface area contributed by atoms with Gasteiger partial charge in [-0.25, -0.2) is 4.79 Å². The second kappa shape index (κ2) is 8.57. The van der Waals surface area contributed by atoms with Gasteiger partial charge in [-0.1, -0.05) is 13.3 Å². The molecule has 4 fully saturated rings. The quantitative estimate of drug-likeness (QED) is 0.692. The first-order valence-electron chi connectivity index (χ1n) is 10.6. The number of nitrogens with one attached hydrogen (secondary N) is 2. The van der Waals surface area contributed by atoms with Gasteiger partial charge in [-0.05, 0) is 69.4 Å². The number of hydrogen-bond acceptors (Lipinski definition) is 4. The van der Waals surface area contributed by atoms with Gasteiger partial charge < -0.3 is 15.5 Å². The first-order valence-corrected chi connectivity index (χ1v) is 10.6. The van der Waals surface area contributed by atoms with Crippen molar-refractivity contribution >= 4 is 30.3 Å². The SMILES string of the molecule is CCC1CCC2(CC1)NC(=O)N(CC(=O)N1CC[C@@H]3CNC[C@@H]3CC1)C2=O.Cl. The van der Waals surface area contributed by atoms with E-state index in [0.717, 1.165) is 58.3 Å². The fourth-order valence-electron chi connectivity index (χ4n) is 5.44. The normalized spacial score (nSPS) is 35.4. The van der Waals surface area contributed by atoms with Crippen molar-refractivity contribution in [1.29, 1.82) is 0 Å². The summed E-state index contributed by atoms with van der Waals surface area (Å²) in [4.78, 5) is 41.3. The van der Waals surface area contributed by atoms with E-state index in [0.29, 0.717) is 30.6 Å². The van der Waals surface area contributed by atoms with Crippen molar-refractivity contribution in [3.05, 3.63) is 0 Å². The number of fused-ring (bicyclic) bond motifs is 1. The number of likely N-dealkylation sites (tertiary alicyclic amines) is 1. The third-order valence-electron chi connectivity index (χ3n) is 7.45. The minimum absolute atomic E-state index is 0. The molecule has 1 saturated carbocycles. The summed E-state index contributed by atoms with van der Waals surface area (Å²) in [5.41, 5.74) is -0.759. The highest BCUT2D eigenvalue weighted by atomic mass is 35.5. The molecular formula is C20H33ClN4O3. The van der Waals surface area contributed by atoms with Crippen LogP contribution in [0.25, 0.3) is 0 Å². The lowest BCUT2D eigenvalue weighted by molar-refractivity contribution is -0.139. The fraction of sp³-hybridized carbons (Fsp3) is 0.850. The molecule has 4 aliphatic rings. The van der Waals surface area contributed by atoms with E-state index in [2.05, 4.69) is 17.6 Å². The molecule has 158 valence electrons. The first-order chi connectivity index (χ1) is 13.0. The zero-order valence-electron chi connectivity index (χ0n) is 16.7. The predicted molar refractivity (Wildman–Crippen MR) is 108 cm³/mol. The molecule has 0 aromatic rings. The Morgan fingerprint density at radius 2 is 1.68 bits per heavy atom. The average molecular weight is 413 g/mol. The highest BCUT2D eigenvalue weighted by Gasteiger charge is 2.52. The van der Waals surface area contributed by atoms with Crippen LogP contribution in [0.2, 0.25) is 0 Å². The molecule has 7 nitrogen and oxygen atoms in total. The van der Waals surface area contributed by atoms with Gasteiger partial charge in [0.05, 0.1) is 0 Å². The second-order valence-electron chi connectivity index (χ2n) is 8.89. The van der Waals surface area contributed by atoms with E-state index in [4.69, 9.17) is 0 Å². The van der Waals surface area contributed by atoms with Crippen molar-refractivity contribution in [1.82, 2.24) is 20.4 Å². The van der Waals surface area contributed by atoms with Gasteiger partial charge in [0.15, 0.2) is 0 Å². The lowest BCUT2D eigenvalue weighted by Crippen LogP contribution is -2.50. The number of amides is 4. The Balaban J connectivity index is 0.00000225. The molecule has 3 heterocycles. The number of halogens is 1. The summed E-state index contributed by atoms with van der Waals surface area (Å²) >= 11 is 0. The summed E-state index contributed by atoms with van der Waals surface area (Å²) in [6.45, 7) is 5.61. The Kier molecular flexibility index (Phi) is 6.54. The van der Waals surface area contributed by atoms with E-state index < -0.39 is 5.54 Å². The molecule has 0 aromatic heterocycles. The first kappa shape index (κ1) is 21.4. The predicted octanol–water partition coefficient (Wildman–Crippen LogP) is 1.76. The van der Waals surface area contributed by atoms with Crippen molar-refractivity contribution in [2.45, 2.75) is 57.4 Å². The summed E-state index contributed by atoms with van der Waals surface area (Å²) < 4.78 is 0. The maximum absolute atomic E-state index is 13.0. The number of nitrogens with zero attached hydrogens (tertiary/aromatic N) is 2. The zero-order valence-corrected chi connectivity index (χ0v) is 17.6. The van der Waals surface area contributed by atoms with Crippen LogP contribution in [0.3, 0.4) is 0 Å². The molecule has 28 heavy (non-hydrogen) atoms. The molecule has 1 aliphatic carbocycles. The Morgan fingerprint density at radius 3 is 2.25 bits per heavy atom. The third kappa shape index (κ3) is 3.88. The summed E-state index contributed by atoms with van der Waals surface area (Å²) in [6.07, 6.45) is 6.45. The molecule has 0 aromatic carbocycles. The molecule has 8 heteroatoms. The Labute approximate surface area is 173 Å². The van der Waals surface area contributed by atoms with Crippen LogP contribution < -0.4 is 10.6 Å². The number of imide groups is 1. The molecule has 1 spiro atoms. The van der Waals surface area contributed by atoms with Gasteiger partial charge >= 0.3 is 6.03 Å². The van der Waals surface area contributed by atoms with Crippen molar-refractivity contribution in [2.24, 2.45) is 17.8 Å².